The van der Waals surface area contributed by atoms with E-state index in [1.54, 1.807) is 18.2 Å². The van der Waals surface area contributed by atoms with Crippen LogP contribution in [0.15, 0.2) is 85.1 Å². The zero-order valence-electron chi connectivity index (χ0n) is 17.4. The summed E-state index contributed by atoms with van der Waals surface area (Å²) in [6, 6.07) is 27.5. The van der Waals surface area contributed by atoms with Crippen LogP contribution in [-0.4, -0.2) is 23.5 Å². The van der Waals surface area contributed by atoms with Crippen molar-refractivity contribution in [3.63, 3.8) is 0 Å². The van der Waals surface area contributed by atoms with E-state index in [2.05, 4.69) is 52.1 Å². The van der Waals surface area contributed by atoms with Crippen LogP contribution in [0.25, 0.3) is 10.9 Å². The van der Waals surface area contributed by atoms with E-state index < -0.39 is 0 Å². The Morgan fingerprint density at radius 3 is 2.55 bits per heavy atom. The number of H-pyrrole nitrogens is 1. The number of nitrogens with zero attached hydrogens (tertiary/aromatic N) is 1. The number of benzene rings is 3. The standard InChI is InChI=1S/C26H24N4O/c1-18(26(31)30-24-13-7-5-11-20(24)15-27)28-16-22(19-9-3-2-4-10-19)23-17-29-25-14-8-6-12-21(23)25/h2-14,17-18,22,28-29H,16H2,1H3,(H,30,31)/p+1/t18-,22+/m0/s1. The van der Waals surface area contributed by atoms with Gasteiger partial charge in [-0.05, 0) is 36.2 Å². The Hall–Kier alpha value is -3.88. The van der Waals surface area contributed by atoms with E-state index in [-0.39, 0.29) is 17.9 Å². The molecule has 3 aromatic carbocycles. The molecule has 0 radical (unpaired) electrons. The fourth-order valence-corrected chi connectivity index (χ4v) is 3.89. The van der Waals surface area contributed by atoms with Crippen LogP contribution in [0, 0.1) is 11.3 Å². The molecule has 0 aliphatic heterocycles. The highest BCUT2D eigenvalue weighted by molar-refractivity contribution is 5.94. The van der Waals surface area contributed by atoms with Gasteiger partial charge in [0.15, 0.2) is 6.04 Å². The van der Waals surface area contributed by atoms with Gasteiger partial charge in [-0.1, -0.05) is 60.7 Å². The molecule has 5 heteroatoms. The van der Waals surface area contributed by atoms with Crippen LogP contribution < -0.4 is 10.6 Å². The number of hydrogen-bond donors (Lipinski definition) is 3. The normalized spacial score (nSPS) is 12.8. The number of aromatic amines is 1. The second kappa shape index (κ2) is 9.29. The van der Waals surface area contributed by atoms with E-state index in [9.17, 15) is 10.1 Å². The summed E-state index contributed by atoms with van der Waals surface area (Å²) in [5.74, 6) is 0.0208. The molecule has 4 N–H and O–H groups in total. The molecule has 0 bridgehead atoms. The molecule has 0 saturated heterocycles. The van der Waals surface area contributed by atoms with Crippen LogP contribution in [-0.2, 0) is 4.79 Å². The lowest BCUT2D eigenvalue weighted by molar-refractivity contribution is -0.674. The van der Waals surface area contributed by atoms with E-state index in [0.717, 1.165) is 12.1 Å². The van der Waals surface area contributed by atoms with Crippen molar-refractivity contribution in [2.24, 2.45) is 0 Å². The maximum absolute atomic E-state index is 12.8. The second-order valence-electron chi connectivity index (χ2n) is 7.66. The Labute approximate surface area is 181 Å². The predicted octanol–water partition coefficient (Wildman–Crippen LogP) is 3.76. The molecule has 0 aliphatic carbocycles. The molecule has 0 fully saturated rings. The lowest BCUT2D eigenvalue weighted by Crippen LogP contribution is -2.92. The number of nitriles is 1. The number of rotatable bonds is 7. The molecule has 0 unspecified atom stereocenters. The lowest BCUT2D eigenvalue weighted by Gasteiger charge is -2.19. The fourth-order valence-electron chi connectivity index (χ4n) is 3.89. The van der Waals surface area contributed by atoms with Crippen molar-refractivity contribution in [3.05, 3.63) is 102 Å². The van der Waals surface area contributed by atoms with Crippen molar-refractivity contribution < 1.29 is 10.1 Å². The minimum absolute atomic E-state index is 0.117. The van der Waals surface area contributed by atoms with E-state index in [4.69, 9.17) is 0 Å². The molecule has 4 rings (SSSR count). The number of nitrogens with one attached hydrogen (secondary N) is 2. The zero-order chi connectivity index (χ0) is 21.6. The van der Waals surface area contributed by atoms with Crippen LogP contribution in [0.3, 0.4) is 0 Å². The van der Waals surface area contributed by atoms with Gasteiger partial charge in [-0.25, -0.2) is 0 Å². The summed E-state index contributed by atoms with van der Waals surface area (Å²) in [6.07, 6.45) is 2.07. The van der Waals surface area contributed by atoms with Crippen LogP contribution >= 0.6 is 0 Å². The first-order valence-electron chi connectivity index (χ1n) is 10.4. The van der Waals surface area contributed by atoms with E-state index >= 15 is 0 Å². The summed E-state index contributed by atoms with van der Waals surface area (Å²) < 4.78 is 0. The predicted molar refractivity (Wildman–Crippen MR) is 123 cm³/mol. The van der Waals surface area contributed by atoms with Gasteiger partial charge in [0.25, 0.3) is 5.91 Å². The molecule has 1 aromatic heterocycles. The number of aromatic nitrogens is 1. The molecule has 4 aromatic rings. The Kier molecular flexibility index (Phi) is 6.11. The maximum Gasteiger partial charge on any atom is 0.282 e. The topological polar surface area (TPSA) is 85.3 Å². The average molecular weight is 410 g/mol. The number of amides is 1. The Bertz CT molecular complexity index is 1220. The first kappa shape index (κ1) is 20.4. The van der Waals surface area contributed by atoms with Crippen molar-refractivity contribution in [2.45, 2.75) is 18.9 Å². The van der Waals surface area contributed by atoms with Crippen molar-refractivity contribution >= 4 is 22.5 Å². The lowest BCUT2D eigenvalue weighted by atomic mass is 9.90. The molecule has 2 atom stereocenters. The second-order valence-corrected chi connectivity index (χ2v) is 7.66. The molecule has 5 nitrogen and oxygen atoms in total. The van der Waals surface area contributed by atoms with Gasteiger partial charge in [0.2, 0.25) is 0 Å². The largest absolute Gasteiger partial charge is 0.361 e. The minimum atomic E-state index is -0.303. The first-order chi connectivity index (χ1) is 15.2. The molecule has 154 valence electrons. The quantitative estimate of drug-likeness (QED) is 0.434. The monoisotopic (exact) mass is 409 g/mol. The third-order valence-corrected chi connectivity index (χ3v) is 5.64. The number of quaternary nitrogens is 1. The average Bonchev–Trinajstić information content (AvgIpc) is 3.24. The highest BCUT2D eigenvalue weighted by Crippen LogP contribution is 2.29. The highest BCUT2D eigenvalue weighted by Gasteiger charge is 2.23. The first-order valence-corrected chi connectivity index (χ1v) is 10.4. The third-order valence-electron chi connectivity index (χ3n) is 5.64. The minimum Gasteiger partial charge on any atom is -0.361 e. The summed E-state index contributed by atoms with van der Waals surface area (Å²) in [6.45, 7) is 2.61. The number of carbonyl (C=O) groups excluding carboxylic acids is 1. The van der Waals surface area contributed by atoms with Crippen LogP contribution in [0.5, 0.6) is 0 Å². The molecule has 0 saturated carbocycles. The van der Waals surface area contributed by atoms with Crippen molar-refractivity contribution in [1.29, 1.82) is 5.26 Å². The van der Waals surface area contributed by atoms with Crippen LogP contribution in [0.4, 0.5) is 5.69 Å². The molecule has 1 amide bonds. The van der Waals surface area contributed by atoms with Crippen LogP contribution in [0.2, 0.25) is 0 Å². The molecule has 31 heavy (non-hydrogen) atoms. The smallest absolute Gasteiger partial charge is 0.282 e. The van der Waals surface area contributed by atoms with Gasteiger partial charge in [-0.3, -0.25) is 4.79 Å². The van der Waals surface area contributed by atoms with E-state index in [1.807, 2.05) is 43.3 Å². The van der Waals surface area contributed by atoms with Gasteiger partial charge < -0.3 is 15.6 Å². The van der Waals surface area contributed by atoms with Crippen molar-refractivity contribution in [1.82, 2.24) is 4.98 Å². The fraction of sp³-hybridized carbons (Fsp3) is 0.154. The van der Waals surface area contributed by atoms with Crippen molar-refractivity contribution in [3.8, 4) is 6.07 Å². The molecule has 1 heterocycles. The summed E-state index contributed by atoms with van der Waals surface area (Å²) in [7, 11) is 0. The molecular weight excluding hydrogens is 384 g/mol. The van der Waals surface area contributed by atoms with Gasteiger partial charge in [0.1, 0.15) is 6.07 Å². The Morgan fingerprint density at radius 1 is 1.03 bits per heavy atom. The highest BCUT2D eigenvalue weighted by atomic mass is 16.2. The third kappa shape index (κ3) is 4.50. The molecule has 0 spiro atoms. The summed E-state index contributed by atoms with van der Waals surface area (Å²) in [5.41, 5.74) is 4.55. The number of fused-ring (bicyclic) bond motifs is 1. The number of para-hydroxylation sites is 2. The van der Waals surface area contributed by atoms with E-state index in [0.29, 0.717) is 11.3 Å². The maximum atomic E-state index is 12.8. The van der Waals surface area contributed by atoms with Gasteiger partial charge in [-0.15, -0.1) is 0 Å². The summed E-state index contributed by atoms with van der Waals surface area (Å²) in [4.78, 5) is 16.1. The number of anilines is 1. The zero-order valence-corrected chi connectivity index (χ0v) is 17.4. The van der Waals surface area contributed by atoms with Gasteiger partial charge in [0, 0.05) is 17.1 Å². The number of nitrogens with two attached hydrogens (primary N) is 1. The van der Waals surface area contributed by atoms with Gasteiger partial charge >= 0.3 is 0 Å². The summed E-state index contributed by atoms with van der Waals surface area (Å²) >= 11 is 0. The van der Waals surface area contributed by atoms with Gasteiger partial charge in [0.05, 0.1) is 23.7 Å². The van der Waals surface area contributed by atoms with Gasteiger partial charge in [-0.2, -0.15) is 5.26 Å². The molecular formula is C26H25N4O+. The molecule has 0 aliphatic rings. The van der Waals surface area contributed by atoms with Crippen LogP contribution in [0.1, 0.15) is 29.5 Å². The van der Waals surface area contributed by atoms with Crippen molar-refractivity contribution in [2.75, 3.05) is 11.9 Å². The number of carbonyl (C=O) groups is 1. The SMILES string of the molecule is C[C@H]([NH2+]C[C@H](c1ccccc1)c1c[nH]c2ccccc12)C(=O)Nc1ccccc1C#N. The Morgan fingerprint density at radius 2 is 1.74 bits per heavy atom. The van der Waals surface area contributed by atoms with E-state index in [1.165, 1.54) is 16.5 Å². The Balaban J connectivity index is 1.53. The summed E-state index contributed by atoms with van der Waals surface area (Å²) in [5, 5.41) is 15.4. The number of hydrogen-bond acceptors (Lipinski definition) is 2.